The standard InChI is InChI=1S/C12H24/c1-5-9-11(7-3)12(8-4)10-6-2/h5-10H2,1-4H3/b12-11+. The van der Waals surface area contributed by atoms with Crippen LogP contribution in [0.4, 0.5) is 0 Å². The van der Waals surface area contributed by atoms with Gasteiger partial charge in [0, 0.05) is 0 Å². The van der Waals surface area contributed by atoms with Crippen molar-refractivity contribution in [3.8, 4) is 0 Å². The summed E-state index contributed by atoms with van der Waals surface area (Å²) in [7, 11) is 0. The smallest absolute Gasteiger partial charge is 0.0320 e. The van der Waals surface area contributed by atoms with E-state index < -0.39 is 0 Å². The molecule has 0 radical (unpaired) electrons. The number of hydrogen-bond acceptors (Lipinski definition) is 0. The number of rotatable bonds is 6. The maximum absolute atomic E-state index is 2.29. The molecule has 0 unspecified atom stereocenters. The lowest BCUT2D eigenvalue weighted by Gasteiger charge is -2.11. The van der Waals surface area contributed by atoms with Gasteiger partial charge in [0.2, 0.25) is 0 Å². The molecule has 72 valence electrons. The molecule has 0 nitrogen and oxygen atoms in total. The molecule has 0 heterocycles. The van der Waals surface area contributed by atoms with Gasteiger partial charge in [-0.1, -0.05) is 51.7 Å². The van der Waals surface area contributed by atoms with Gasteiger partial charge in [-0.15, -0.1) is 0 Å². The molecule has 0 aliphatic heterocycles. The van der Waals surface area contributed by atoms with Gasteiger partial charge >= 0.3 is 0 Å². The molecule has 0 aliphatic rings. The van der Waals surface area contributed by atoms with E-state index in [2.05, 4.69) is 27.7 Å². The van der Waals surface area contributed by atoms with Crippen LogP contribution in [0.15, 0.2) is 11.1 Å². The Hall–Kier alpha value is -0.260. The number of allylic oxidation sites excluding steroid dienone is 2. The molecule has 0 amide bonds. The Kier molecular flexibility index (Phi) is 7.23. The van der Waals surface area contributed by atoms with Crippen molar-refractivity contribution in [2.75, 3.05) is 0 Å². The van der Waals surface area contributed by atoms with Gasteiger partial charge in [0.1, 0.15) is 0 Å². The zero-order valence-electron chi connectivity index (χ0n) is 9.24. The average molecular weight is 168 g/mol. The van der Waals surface area contributed by atoms with Crippen LogP contribution in [0.25, 0.3) is 0 Å². The Morgan fingerprint density at radius 2 is 1.00 bits per heavy atom. The minimum Gasteiger partial charge on any atom is -0.0713 e. The molecule has 12 heavy (non-hydrogen) atoms. The summed E-state index contributed by atoms with van der Waals surface area (Å²) in [6.07, 6.45) is 7.76. The van der Waals surface area contributed by atoms with Gasteiger partial charge in [0.05, 0.1) is 0 Å². The highest BCUT2D eigenvalue weighted by Gasteiger charge is 2.01. The molecule has 0 aromatic carbocycles. The van der Waals surface area contributed by atoms with Gasteiger partial charge in [-0.3, -0.25) is 0 Å². The van der Waals surface area contributed by atoms with E-state index in [1.54, 1.807) is 11.1 Å². The molecule has 0 heteroatoms. The number of hydrogen-bond donors (Lipinski definition) is 0. The average Bonchev–Trinajstić information content (AvgIpc) is 2.11. The zero-order chi connectivity index (χ0) is 9.40. The molecule has 0 aliphatic carbocycles. The van der Waals surface area contributed by atoms with Crippen LogP contribution in [0.1, 0.15) is 66.2 Å². The molecule has 0 spiro atoms. The molecule has 0 fully saturated rings. The minimum absolute atomic E-state index is 1.26. The van der Waals surface area contributed by atoms with Gasteiger partial charge in [-0.25, -0.2) is 0 Å². The monoisotopic (exact) mass is 168 g/mol. The van der Waals surface area contributed by atoms with Crippen molar-refractivity contribution in [1.29, 1.82) is 0 Å². The third kappa shape index (κ3) is 3.94. The van der Waals surface area contributed by atoms with Crippen molar-refractivity contribution in [1.82, 2.24) is 0 Å². The summed E-state index contributed by atoms with van der Waals surface area (Å²) < 4.78 is 0. The predicted octanol–water partition coefficient (Wildman–Crippen LogP) is 4.70. The Bertz CT molecular complexity index is 115. The second-order valence-corrected chi connectivity index (χ2v) is 3.41. The van der Waals surface area contributed by atoms with E-state index in [-0.39, 0.29) is 0 Å². The Morgan fingerprint density at radius 3 is 1.17 bits per heavy atom. The van der Waals surface area contributed by atoms with Crippen LogP contribution in [0, 0.1) is 0 Å². The van der Waals surface area contributed by atoms with E-state index in [1.165, 1.54) is 38.5 Å². The second kappa shape index (κ2) is 7.39. The van der Waals surface area contributed by atoms with E-state index >= 15 is 0 Å². The summed E-state index contributed by atoms with van der Waals surface area (Å²) in [6.45, 7) is 9.12. The lowest BCUT2D eigenvalue weighted by molar-refractivity contribution is 0.775. The maximum atomic E-state index is 2.29. The molecule has 0 aromatic rings. The first-order chi connectivity index (χ1) is 5.79. The van der Waals surface area contributed by atoms with Crippen LogP contribution in [0.2, 0.25) is 0 Å². The van der Waals surface area contributed by atoms with E-state index in [0.29, 0.717) is 0 Å². The van der Waals surface area contributed by atoms with Crippen molar-refractivity contribution in [3.63, 3.8) is 0 Å². The van der Waals surface area contributed by atoms with Gasteiger partial charge in [0.15, 0.2) is 0 Å². The highest BCUT2D eigenvalue weighted by atomic mass is 14.1. The van der Waals surface area contributed by atoms with Crippen LogP contribution < -0.4 is 0 Å². The summed E-state index contributed by atoms with van der Waals surface area (Å²) in [6, 6.07) is 0. The highest BCUT2D eigenvalue weighted by molar-refractivity contribution is 5.13. The van der Waals surface area contributed by atoms with E-state index in [1.807, 2.05) is 0 Å². The van der Waals surface area contributed by atoms with Crippen LogP contribution in [0.5, 0.6) is 0 Å². The highest BCUT2D eigenvalue weighted by Crippen LogP contribution is 2.21. The normalized spacial score (nSPS) is 13.0. The molecule has 0 saturated carbocycles. The first-order valence-corrected chi connectivity index (χ1v) is 5.49. The fraction of sp³-hybridized carbons (Fsp3) is 0.833. The zero-order valence-corrected chi connectivity index (χ0v) is 9.24. The molecular formula is C12H24. The van der Waals surface area contributed by atoms with E-state index in [9.17, 15) is 0 Å². The molecule has 0 atom stereocenters. The summed E-state index contributed by atoms with van der Waals surface area (Å²) in [4.78, 5) is 0. The second-order valence-electron chi connectivity index (χ2n) is 3.41. The third-order valence-corrected chi connectivity index (χ3v) is 2.46. The predicted molar refractivity (Wildman–Crippen MR) is 57.4 cm³/mol. The topological polar surface area (TPSA) is 0 Å². The Labute approximate surface area is 78.1 Å². The minimum atomic E-state index is 1.26. The van der Waals surface area contributed by atoms with Crippen LogP contribution in [-0.2, 0) is 0 Å². The van der Waals surface area contributed by atoms with Crippen molar-refractivity contribution >= 4 is 0 Å². The summed E-state index contributed by atoms with van der Waals surface area (Å²) >= 11 is 0. The fourth-order valence-electron chi connectivity index (χ4n) is 1.81. The largest absolute Gasteiger partial charge is 0.0713 e. The molecular weight excluding hydrogens is 144 g/mol. The van der Waals surface area contributed by atoms with Gasteiger partial charge in [-0.2, -0.15) is 0 Å². The maximum Gasteiger partial charge on any atom is -0.0320 e. The molecule has 0 bridgehead atoms. The van der Waals surface area contributed by atoms with E-state index in [4.69, 9.17) is 0 Å². The van der Waals surface area contributed by atoms with Crippen LogP contribution in [-0.4, -0.2) is 0 Å². The van der Waals surface area contributed by atoms with Crippen LogP contribution in [0.3, 0.4) is 0 Å². The Morgan fingerprint density at radius 1 is 0.667 bits per heavy atom. The van der Waals surface area contributed by atoms with Gasteiger partial charge in [-0.05, 0) is 25.7 Å². The first-order valence-electron chi connectivity index (χ1n) is 5.49. The summed E-state index contributed by atoms with van der Waals surface area (Å²) in [5, 5.41) is 0. The lowest BCUT2D eigenvalue weighted by Crippen LogP contribution is -1.90. The lowest BCUT2D eigenvalue weighted by atomic mass is 9.96. The van der Waals surface area contributed by atoms with Crippen molar-refractivity contribution in [2.24, 2.45) is 0 Å². The van der Waals surface area contributed by atoms with Crippen molar-refractivity contribution < 1.29 is 0 Å². The quantitative estimate of drug-likeness (QED) is 0.504. The fourth-order valence-corrected chi connectivity index (χ4v) is 1.81. The van der Waals surface area contributed by atoms with Gasteiger partial charge < -0.3 is 0 Å². The SMILES string of the molecule is CCC/C(CC)=C(\CC)CCC. The van der Waals surface area contributed by atoms with Crippen molar-refractivity contribution in [2.45, 2.75) is 66.2 Å². The molecule has 0 rings (SSSR count). The Balaban J connectivity index is 4.26. The third-order valence-electron chi connectivity index (χ3n) is 2.46. The molecule has 0 N–H and O–H groups in total. The molecule has 0 aromatic heterocycles. The van der Waals surface area contributed by atoms with Gasteiger partial charge in [0.25, 0.3) is 0 Å². The molecule has 0 saturated heterocycles. The van der Waals surface area contributed by atoms with Crippen molar-refractivity contribution in [3.05, 3.63) is 11.1 Å². The summed E-state index contributed by atoms with van der Waals surface area (Å²) in [5.74, 6) is 0. The summed E-state index contributed by atoms with van der Waals surface area (Å²) in [5.41, 5.74) is 3.45. The van der Waals surface area contributed by atoms with E-state index in [0.717, 1.165) is 0 Å². The first kappa shape index (κ1) is 11.7. The van der Waals surface area contributed by atoms with Crippen LogP contribution >= 0.6 is 0 Å².